The zero-order chi connectivity index (χ0) is 17.2. The second-order valence-electron chi connectivity index (χ2n) is 6.48. The van der Waals surface area contributed by atoms with Gasteiger partial charge in [0, 0.05) is 6.20 Å². The Kier molecular flexibility index (Phi) is 8.72. The number of hydrogen-bond donors (Lipinski definition) is 0. The smallest absolute Gasteiger partial charge is 1.00 e. The Morgan fingerprint density at radius 3 is 2.11 bits per heavy atom. The summed E-state index contributed by atoms with van der Waals surface area (Å²) in [5, 5.41) is 3.87. The van der Waals surface area contributed by atoms with E-state index in [2.05, 4.69) is 110 Å². The molecule has 0 spiro atoms. The van der Waals surface area contributed by atoms with Crippen LogP contribution in [-0.2, 0) is 26.2 Å². The van der Waals surface area contributed by atoms with Gasteiger partial charge in [0.2, 0.25) is 0 Å². The first kappa shape index (κ1) is 23.7. The van der Waals surface area contributed by atoms with Crippen LogP contribution in [0.5, 0.6) is 0 Å². The van der Waals surface area contributed by atoms with Crippen molar-refractivity contribution in [2.75, 3.05) is 0 Å². The molecule has 0 unspecified atom stereocenters. The average Bonchev–Trinajstić information content (AvgIpc) is 3.34. The number of benzene rings is 2. The molecule has 0 fully saturated rings. The first-order chi connectivity index (χ1) is 12.2. The first-order valence-electron chi connectivity index (χ1n) is 8.63. The van der Waals surface area contributed by atoms with Crippen LogP contribution in [-0.4, -0.2) is 4.57 Å². The number of nitrogens with zero attached hydrogens (tertiary/aromatic N) is 1. The predicted octanol–water partition coefficient (Wildman–Crippen LogP) is 0.530. The summed E-state index contributed by atoms with van der Waals surface area (Å²) in [4.78, 5) is 0. The van der Waals surface area contributed by atoms with Crippen molar-refractivity contribution in [1.29, 1.82) is 0 Å². The van der Waals surface area contributed by atoms with E-state index in [9.17, 15) is 0 Å². The molecule has 28 heavy (non-hydrogen) atoms. The molecule has 4 heteroatoms. The Morgan fingerprint density at radius 2 is 1.50 bits per heavy atom. The third-order valence-electron chi connectivity index (χ3n) is 4.79. The summed E-state index contributed by atoms with van der Waals surface area (Å²) in [5.74, 6) is 0. The number of halogens is 2. The molecule has 0 saturated carbocycles. The van der Waals surface area contributed by atoms with E-state index in [0.29, 0.717) is 0 Å². The Bertz CT molecular complexity index is 1080. The van der Waals surface area contributed by atoms with Crippen LogP contribution in [0, 0.1) is 13.8 Å². The Morgan fingerprint density at radius 1 is 0.821 bits per heavy atom. The number of hydrogen-bond acceptors (Lipinski definition) is 0. The molecule has 1 aromatic heterocycles. The normalized spacial score (nSPS) is 9.64. The summed E-state index contributed by atoms with van der Waals surface area (Å²) >= 11 is 0. The van der Waals surface area contributed by atoms with E-state index in [1.54, 1.807) is 0 Å². The molecule has 0 aliphatic heterocycles. The molecule has 4 aromatic carbocycles. The van der Waals surface area contributed by atoms with E-state index in [-0.39, 0.29) is 35.6 Å². The zero-order valence-corrected chi connectivity index (χ0v) is 18.3. The van der Waals surface area contributed by atoms with Crippen molar-refractivity contribution < 1.29 is 35.6 Å². The van der Waals surface area contributed by atoms with Gasteiger partial charge >= 0.3 is 26.2 Å². The van der Waals surface area contributed by atoms with Crippen molar-refractivity contribution in [3.8, 4) is 5.69 Å². The third kappa shape index (κ3) is 4.74. The maximum atomic E-state index is 2.25. The SMILES string of the molecule is Cc1ccc[c-]1C.[F-].[F-].[Zr+4].c1ccc2[cH-]c(-n3ccc4ccccc43)cc2c1. The summed E-state index contributed by atoms with van der Waals surface area (Å²) in [6.45, 7) is 4.24. The van der Waals surface area contributed by atoms with E-state index >= 15 is 0 Å². The van der Waals surface area contributed by atoms with Crippen LogP contribution < -0.4 is 9.41 Å². The standard InChI is InChI=1S/C17H12N.C7H9.2FH.Zr/c1-2-7-15-12-16(11-14(15)6-1)18-10-9-13-5-3-4-8-17(13)18;1-6-4-3-5-7(6)2;;;/h1-12H;3-5H,1-2H3;2*1H;/q2*-1;;;+4/p-2. The van der Waals surface area contributed by atoms with Gasteiger partial charge in [0.15, 0.2) is 0 Å². The summed E-state index contributed by atoms with van der Waals surface area (Å²) < 4.78 is 2.25. The fourth-order valence-electron chi connectivity index (χ4n) is 3.18. The third-order valence-corrected chi connectivity index (χ3v) is 4.79. The molecule has 0 aliphatic rings. The average molecular weight is 453 g/mol. The first-order valence-corrected chi connectivity index (χ1v) is 8.63. The molecule has 0 bridgehead atoms. The quantitative estimate of drug-likeness (QED) is 0.327. The van der Waals surface area contributed by atoms with Crippen LogP contribution >= 0.6 is 0 Å². The topological polar surface area (TPSA) is 4.93 Å². The van der Waals surface area contributed by atoms with Crippen LogP contribution in [0.1, 0.15) is 11.1 Å². The Balaban J connectivity index is 0.000000341. The van der Waals surface area contributed by atoms with Crippen molar-refractivity contribution in [3.05, 3.63) is 102 Å². The molecule has 0 N–H and O–H groups in total. The van der Waals surface area contributed by atoms with Crippen molar-refractivity contribution in [1.82, 2.24) is 4.57 Å². The summed E-state index contributed by atoms with van der Waals surface area (Å²) in [7, 11) is 0. The minimum Gasteiger partial charge on any atom is -1.00 e. The van der Waals surface area contributed by atoms with Gasteiger partial charge in [-0.05, 0) is 23.2 Å². The fraction of sp³-hybridized carbons (Fsp3) is 0.0833. The summed E-state index contributed by atoms with van der Waals surface area (Å²) in [6.07, 6.45) is 2.14. The van der Waals surface area contributed by atoms with Crippen LogP contribution in [0.4, 0.5) is 0 Å². The predicted molar refractivity (Wildman–Crippen MR) is 108 cm³/mol. The van der Waals surface area contributed by atoms with Crippen LogP contribution in [0.3, 0.4) is 0 Å². The van der Waals surface area contributed by atoms with E-state index in [1.807, 2.05) is 0 Å². The molecule has 0 aliphatic carbocycles. The summed E-state index contributed by atoms with van der Waals surface area (Å²) in [6, 6.07) is 29.9. The monoisotopic (exact) mass is 451 g/mol. The number of para-hydroxylation sites is 1. The summed E-state index contributed by atoms with van der Waals surface area (Å²) in [5.41, 5.74) is 5.27. The number of rotatable bonds is 1. The van der Waals surface area contributed by atoms with E-state index in [0.717, 1.165) is 0 Å². The van der Waals surface area contributed by atoms with Gasteiger partial charge in [-0.15, -0.1) is 41.1 Å². The number of fused-ring (bicyclic) bond motifs is 2. The molecule has 5 rings (SSSR count). The van der Waals surface area contributed by atoms with Gasteiger partial charge in [0.1, 0.15) is 0 Å². The van der Waals surface area contributed by atoms with Gasteiger partial charge in [-0.2, -0.15) is 17.2 Å². The molecular weight excluding hydrogens is 431 g/mol. The molecule has 0 saturated heterocycles. The van der Waals surface area contributed by atoms with Crippen LogP contribution in [0.25, 0.3) is 27.4 Å². The second kappa shape index (κ2) is 10.3. The molecular formula is C24H21F2NZr. The van der Waals surface area contributed by atoms with Crippen molar-refractivity contribution in [2.45, 2.75) is 13.8 Å². The maximum absolute atomic E-state index is 2.25. The van der Waals surface area contributed by atoms with Gasteiger partial charge in [-0.3, -0.25) is 0 Å². The largest absolute Gasteiger partial charge is 4.00 e. The van der Waals surface area contributed by atoms with Gasteiger partial charge in [0.05, 0.1) is 5.52 Å². The van der Waals surface area contributed by atoms with E-state index in [4.69, 9.17) is 0 Å². The Labute approximate surface area is 183 Å². The van der Waals surface area contributed by atoms with Crippen molar-refractivity contribution in [3.63, 3.8) is 0 Å². The molecule has 5 aromatic rings. The van der Waals surface area contributed by atoms with Gasteiger partial charge in [-0.25, -0.2) is 12.1 Å². The van der Waals surface area contributed by atoms with E-state index in [1.165, 1.54) is 38.5 Å². The molecule has 0 radical (unpaired) electrons. The minimum atomic E-state index is 0. The van der Waals surface area contributed by atoms with Crippen molar-refractivity contribution in [2.24, 2.45) is 0 Å². The number of aromatic nitrogens is 1. The van der Waals surface area contributed by atoms with E-state index < -0.39 is 0 Å². The van der Waals surface area contributed by atoms with Crippen LogP contribution in [0.2, 0.25) is 0 Å². The number of aryl methyl sites for hydroxylation is 2. The maximum Gasteiger partial charge on any atom is 4.00 e. The Hall–Kier alpha value is -2.32. The fourth-order valence-corrected chi connectivity index (χ4v) is 3.18. The van der Waals surface area contributed by atoms with Crippen LogP contribution in [0.15, 0.2) is 91.1 Å². The second-order valence-corrected chi connectivity index (χ2v) is 6.48. The molecule has 1 nitrogen and oxygen atoms in total. The van der Waals surface area contributed by atoms with Crippen molar-refractivity contribution >= 4 is 21.7 Å². The van der Waals surface area contributed by atoms with Gasteiger partial charge < -0.3 is 14.0 Å². The molecule has 140 valence electrons. The molecule has 0 amide bonds. The van der Waals surface area contributed by atoms with Gasteiger partial charge in [0.25, 0.3) is 0 Å². The molecule has 1 heterocycles. The molecule has 0 atom stereocenters. The van der Waals surface area contributed by atoms with Gasteiger partial charge in [-0.1, -0.05) is 38.1 Å². The zero-order valence-electron chi connectivity index (χ0n) is 15.9. The minimum absolute atomic E-state index is 0.